The Morgan fingerprint density at radius 2 is 1.86 bits per heavy atom. The van der Waals surface area contributed by atoms with Crippen molar-refractivity contribution in [1.29, 1.82) is 0 Å². The van der Waals surface area contributed by atoms with Gasteiger partial charge in [-0.15, -0.1) is 0 Å². The zero-order valence-corrected chi connectivity index (χ0v) is 12.9. The molecule has 1 amide bonds. The molecule has 0 saturated carbocycles. The van der Waals surface area contributed by atoms with E-state index in [9.17, 15) is 14.7 Å². The van der Waals surface area contributed by atoms with Gasteiger partial charge in [-0.3, -0.25) is 4.79 Å². The van der Waals surface area contributed by atoms with Gasteiger partial charge in [0, 0.05) is 32.3 Å². The highest BCUT2D eigenvalue weighted by Gasteiger charge is 2.42. The van der Waals surface area contributed by atoms with Gasteiger partial charge in [0.25, 0.3) is 5.91 Å². The molecule has 1 aromatic rings. The van der Waals surface area contributed by atoms with Gasteiger partial charge in [0.15, 0.2) is 0 Å². The van der Waals surface area contributed by atoms with Crippen LogP contribution in [-0.2, 0) is 9.53 Å². The molecule has 1 aromatic heterocycles. The summed E-state index contributed by atoms with van der Waals surface area (Å²) in [5.41, 5.74) is -1.56. The van der Waals surface area contributed by atoms with Crippen molar-refractivity contribution in [3.05, 3.63) is 27.0 Å². The second kappa shape index (κ2) is 6.36. The van der Waals surface area contributed by atoms with E-state index in [-0.39, 0.29) is 46.8 Å². The first-order valence-electron chi connectivity index (χ1n) is 6.00. The van der Waals surface area contributed by atoms with Crippen molar-refractivity contribution >= 4 is 46.7 Å². The lowest BCUT2D eigenvalue weighted by Gasteiger charge is -2.33. The number of carboxylic acid groups (broad SMARTS) is 1. The number of aromatic nitrogens is 1. The van der Waals surface area contributed by atoms with Crippen LogP contribution in [0.15, 0.2) is 6.20 Å². The highest BCUT2D eigenvalue weighted by molar-refractivity contribution is 6.48. The normalized spacial score (nSPS) is 17.3. The van der Waals surface area contributed by atoms with Crippen LogP contribution in [0, 0.1) is 0 Å². The van der Waals surface area contributed by atoms with E-state index >= 15 is 0 Å². The van der Waals surface area contributed by atoms with Crippen molar-refractivity contribution < 1.29 is 19.4 Å². The van der Waals surface area contributed by atoms with Gasteiger partial charge in [-0.2, -0.15) is 0 Å². The van der Waals surface area contributed by atoms with E-state index in [1.54, 1.807) is 0 Å². The predicted octanol–water partition coefficient (Wildman–Crippen LogP) is 2.41. The fourth-order valence-electron chi connectivity index (χ4n) is 1.99. The molecule has 1 fully saturated rings. The smallest absolute Gasteiger partial charge is 0.329 e. The Labute approximate surface area is 135 Å². The van der Waals surface area contributed by atoms with E-state index in [4.69, 9.17) is 39.5 Å². The van der Waals surface area contributed by atoms with Crippen molar-refractivity contribution in [2.45, 2.75) is 18.4 Å². The number of halogens is 3. The molecule has 2 N–H and O–H groups in total. The summed E-state index contributed by atoms with van der Waals surface area (Å²) < 4.78 is 5.13. The van der Waals surface area contributed by atoms with Crippen molar-refractivity contribution in [2.75, 3.05) is 13.2 Å². The van der Waals surface area contributed by atoms with Gasteiger partial charge in [0.2, 0.25) is 0 Å². The van der Waals surface area contributed by atoms with Crippen molar-refractivity contribution in [1.82, 2.24) is 10.3 Å². The zero-order chi connectivity index (χ0) is 15.6. The lowest BCUT2D eigenvalue weighted by Crippen LogP contribution is -2.57. The summed E-state index contributed by atoms with van der Waals surface area (Å²) >= 11 is 17.5. The summed E-state index contributed by atoms with van der Waals surface area (Å²) in [4.78, 5) is 27.5. The van der Waals surface area contributed by atoms with Crippen LogP contribution in [0.4, 0.5) is 0 Å². The number of hydrogen-bond acceptors (Lipinski definition) is 4. The number of ether oxygens (including phenoxy) is 1. The van der Waals surface area contributed by atoms with Crippen molar-refractivity contribution in [3.8, 4) is 0 Å². The van der Waals surface area contributed by atoms with Gasteiger partial charge in [-0.05, 0) is 0 Å². The maximum absolute atomic E-state index is 12.2. The van der Waals surface area contributed by atoms with Crippen LogP contribution < -0.4 is 5.32 Å². The monoisotopic (exact) mass is 352 g/mol. The first-order chi connectivity index (χ1) is 9.87. The molecule has 0 aromatic carbocycles. The molecule has 9 heteroatoms. The van der Waals surface area contributed by atoms with Crippen molar-refractivity contribution in [2.24, 2.45) is 0 Å². The Morgan fingerprint density at radius 3 is 2.43 bits per heavy atom. The van der Waals surface area contributed by atoms with E-state index in [0.717, 1.165) is 0 Å². The average Bonchev–Trinajstić information content (AvgIpc) is 2.45. The molecule has 6 nitrogen and oxygen atoms in total. The number of hydrogen-bond donors (Lipinski definition) is 2. The number of pyridine rings is 1. The minimum atomic E-state index is -1.40. The van der Waals surface area contributed by atoms with Gasteiger partial charge >= 0.3 is 5.97 Å². The Bertz CT molecular complexity index is 588. The molecular formula is C12H11Cl3N2O4. The molecule has 0 atom stereocenters. The van der Waals surface area contributed by atoms with Gasteiger partial charge in [-0.25, -0.2) is 9.78 Å². The number of carboxylic acids is 1. The summed E-state index contributed by atoms with van der Waals surface area (Å²) in [6.07, 6.45) is 1.50. The quantitative estimate of drug-likeness (QED) is 0.871. The van der Waals surface area contributed by atoms with E-state index in [2.05, 4.69) is 10.3 Å². The fraction of sp³-hybridized carbons (Fsp3) is 0.417. The molecule has 0 unspecified atom stereocenters. The molecule has 2 heterocycles. The number of rotatable bonds is 3. The number of nitrogens with zero attached hydrogens (tertiary/aromatic N) is 1. The Kier molecular flexibility index (Phi) is 4.93. The maximum Gasteiger partial charge on any atom is 0.329 e. The summed E-state index contributed by atoms with van der Waals surface area (Å²) in [5, 5.41) is 11.8. The lowest BCUT2D eigenvalue weighted by atomic mass is 9.90. The van der Waals surface area contributed by atoms with Gasteiger partial charge in [-0.1, -0.05) is 34.8 Å². The maximum atomic E-state index is 12.2. The number of aliphatic carboxylic acids is 1. The number of carbonyl (C=O) groups is 2. The Hall–Kier alpha value is -1.08. The van der Waals surface area contributed by atoms with Crippen LogP contribution in [0.5, 0.6) is 0 Å². The van der Waals surface area contributed by atoms with Gasteiger partial charge in [0.1, 0.15) is 11.2 Å². The third-order valence-electron chi connectivity index (χ3n) is 3.24. The topological polar surface area (TPSA) is 88.5 Å². The molecule has 0 bridgehead atoms. The molecule has 1 saturated heterocycles. The molecule has 21 heavy (non-hydrogen) atoms. The molecule has 114 valence electrons. The highest BCUT2D eigenvalue weighted by atomic mass is 35.5. The second-order valence-corrected chi connectivity index (χ2v) is 5.70. The van der Waals surface area contributed by atoms with E-state index in [1.165, 1.54) is 6.20 Å². The summed E-state index contributed by atoms with van der Waals surface area (Å²) in [6.45, 7) is 0.490. The number of carbonyl (C=O) groups excluding carboxylic acids is 1. The lowest BCUT2D eigenvalue weighted by molar-refractivity contribution is -0.148. The minimum absolute atomic E-state index is 0.00478. The Morgan fingerprint density at radius 1 is 1.24 bits per heavy atom. The first kappa shape index (κ1) is 16.3. The third-order valence-corrected chi connectivity index (χ3v) is 4.48. The number of amides is 1. The summed E-state index contributed by atoms with van der Waals surface area (Å²) in [6, 6.07) is 0. The molecular weight excluding hydrogens is 343 g/mol. The molecule has 0 radical (unpaired) electrons. The minimum Gasteiger partial charge on any atom is -0.480 e. The van der Waals surface area contributed by atoms with Crippen LogP contribution in [0.25, 0.3) is 0 Å². The highest BCUT2D eigenvalue weighted by Crippen LogP contribution is 2.31. The van der Waals surface area contributed by atoms with E-state index in [0.29, 0.717) is 0 Å². The molecule has 2 rings (SSSR count). The van der Waals surface area contributed by atoms with Crippen molar-refractivity contribution in [3.63, 3.8) is 0 Å². The largest absolute Gasteiger partial charge is 0.480 e. The predicted molar refractivity (Wildman–Crippen MR) is 77.2 cm³/mol. The SMILES string of the molecule is O=C(NC1(C(=O)O)CCOCC1)c1ncc(Cl)c(Cl)c1Cl. The summed E-state index contributed by atoms with van der Waals surface area (Å²) in [7, 11) is 0. The fourth-order valence-corrected chi connectivity index (χ4v) is 2.56. The van der Waals surface area contributed by atoms with Crippen LogP contribution >= 0.6 is 34.8 Å². The van der Waals surface area contributed by atoms with Crippen LogP contribution in [0.1, 0.15) is 23.3 Å². The number of nitrogens with one attached hydrogen (secondary N) is 1. The van der Waals surface area contributed by atoms with Crippen LogP contribution in [0.2, 0.25) is 15.1 Å². The molecule has 1 aliphatic heterocycles. The summed E-state index contributed by atoms with van der Waals surface area (Å²) in [5.74, 6) is -1.85. The standard InChI is InChI=1S/C12H11Cl3N2O4/c13-6-5-16-9(8(15)7(6)14)10(18)17-12(11(19)20)1-3-21-4-2-12/h5H,1-4H2,(H,17,18)(H,19,20). The van der Waals surface area contributed by atoms with Gasteiger partial charge in [0.05, 0.1) is 15.1 Å². The third kappa shape index (κ3) is 3.23. The Balaban J connectivity index is 2.28. The molecule has 1 aliphatic rings. The van der Waals surface area contributed by atoms with Crippen LogP contribution in [0.3, 0.4) is 0 Å². The van der Waals surface area contributed by atoms with Gasteiger partial charge < -0.3 is 15.2 Å². The molecule has 0 spiro atoms. The van der Waals surface area contributed by atoms with E-state index < -0.39 is 17.4 Å². The zero-order valence-electron chi connectivity index (χ0n) is 10.7. The van der Waals surface area contributed by atoms with E-state index in [1.807, 2.05) is 0 Å². The molecule has 0 aliphatic carbocycles. The van der Waals surface area contributed by atoms with Crippen LogP contribution in [-0.4, -0.2) is 40.7 Å². The average molecular weight is 354 g/mol. The first-order valence-corrected chi connectivity index (χ1v) is 7.14. The second-order valence-electron chi connectivity index (χ2n) is 4.54.